The van der Waals surface area contributed by atoms with E-state index in [4.69, 9.17) is 16.3 Å². The van der Waals surface area contributed by atoms with Gasteiger partial charge in [0, 0.05) is 16.9 Å². The maximum atomic E-state index is 13.1. The Labute approximate surface area is 114 Å². The van der Waals surface area contributed by atoms with E-state index in [1.54, 1.807) is 24.3 Å². The van der Waals surface area contributed by atoms with Crippen molar-refractivity contribution in [2.75, 3.05) is 11.9 Å². The number of carbonyl (C=O) groups is 1. The first-order valence-electron chi connectivity index (χ1n) is 5.44. The number of ether oxygens (including phenoxy) is 1. The van der Waals surface area contributed by atoms with Crippen LogP contribution in [-0.2, 0) is 4.79 Å². The maximum absolute atomic E-state index is 13.1. The highest BCUT2D eigenvalue weighted by Gasteiger charge is 2.07. The Bertz CT molecular complexity index is 575. The molecule has 0 fully saturated rings. The van der Waals surface area contributed by atoms with Crippen molar-refractivity contribution in [3.05, 3.63) is 53.6 Å². The third kappa shape index (κ3) is 3.93. The van der Waals surface area contributed by atoms with Crippen molar-refractivity contribution in [2.24, 2.45) is 0 Å². The molecule has 0 saturated heterocycles. The number of anilines is 1. The number of hydrogen-bond donors (Lipinski definition) is 1. The fraction of sp³-hybridized carbons (Fsp3) is 0.0769. The molecule has 0 atom stereocenters. The van der Waals surface area contributed by atoms with Crippen LogP contribution in [0.2, 0.25) is 5.02 Å². The molecule has 0 unspecified atom stereocenters. The van der Waals surface area contributed by atoms with Crippen molar-refractivity contribution in [1.82, 2.24) is 4.98 Å². The monoisotopic (exact) mass is 280 g/mol. The van der Waals surface area contributed by atoms with E-state index >= 15 is 0 Å². The molecule has 0 aliphatic rings. The predicted molar refractivity (Wildman–Crippen MR) is 69.8 cm³/mol. The highest BCUT2D eigenvalue weighted by atomic mass is 35.5. The zero-order valence-electron chi connectivity index (χ0n) is 9.77. The lowest BCUT2D eigenvalue weighted by atomic mass is 10.3. The summed E-state index contributed by atoms with van der Waals surface area (Å²) in [4.78, 5) is 15.0. The van der Waals surface area contributed by atoms with Crippen LogP contribution in [0.4, 0.5) is 10.1 Å². The molecule has 1 N–H and O–H groups in total. The Hall–Kier alpha value is -2.14. The number of benzene rings is 1. The average molecular weight is 281 g/mol. The third-order valence-electron chi connectivity index (χ3n) is 2.21. The molecule has 98 valence electrons. The summed E-state index contributed by atoms with van der Waals surface area (Å²) in [6.45, 7) is -0.300. The maximum Gasteiger partial charge on any atom is 0.262 e. The average Bonchev–Trinajstić information content (AvgIpc) is 2.40. The van der Waals surface area contributed by atoms with E-state index in [9.17, 15) is 9.18 Å². The van der Waals surface area contributed by atoms with Gasteiger partial charge in [-0.2, -0.15) is 4.39 Å². The van der Waals surface area contributed by atoms with Crippen molar-refractivity contribution in [1.29, 1.82) is 0 Å². The fourth-order valence-corrected chi connectivity index (χ4v) is 1.48. The number of amides is 1. The minimum absolute atomic E-state index is 0.0613. The Morgan fingerprint density at radius 2 is 2.05 bits per heavy atom. The van der Waals surface area contributed by atoms with E-state index in [0.717, 1.165) is 0 Å². The van der Waals surface area contributed by atoms with E-state index < -0.39 is 11.9 Å². The molecule has 1 aromatic carbocycles. The Morgan fingerprint density at radius 1 is 1.32 bits per heavy atom. The van der Waals surface area contributed by atoms with E-state index in [0.29, 0.717) is 10.7 Å². The summed E-state index contributed by atoms with van der Waals surface area (Å²) in [6.07, 6.45) is 1.30. The number of rotatable bonds is 4. The summed E-state index contributed by atoms with van der Waals surface area (Å²) in [5.74, 6) is -1.21. The summed E-state index contributed by atoms with van der Waals surface area (Å²) in [5.41, 5.74) is 0.588. The molecule has 6 heteroatoms. The predicted octanol–water partition coefficient (Wildman–Crippen LogP) is 2.89. The van der Waals surface area contributed by atoms with Crippen LogP contribution in [0.3, 0.4) is 0 Å². The molecule has 0 saturated carbocycles. The van der Waals surface area contributed by atoms with Gasteiger partial charge < -0.3 is 10.1 Å². The summed E-state index contributed by atoms with van der Waals surface area (Å²) in [5, 5.41) is 3.17. The van der Waals surface area contributed by atoms with E-state index in [1.165, 1.54) is 18.3 Å². The zero-order chi connectivity index (χ0) is 13.7. The second-order valence-electron chi connectivity index (χ2n) is 3.64. The van der Waals surface area contributed by atoms with Gasteiger partial charge >= 0.3 is 0 Å². The van der Waals surface area contributed by atoms with Gasteiger partial charge in [-0.15, -0.1) is 0 Å². The normalized spacial score (nSPS) is 10.0. The van der Waals surface area contributed by atoms with Crippen LogP contribution in [0.1, 0.15) is 0 Å². The van der Waals surface area contributed by atoms with Crippen LogP contribution in [0.15, 0.2) is 42.6 Å². The highest BCUT2D eigenvalue weighted by Crippen LogP contribution is 2.14. The fourth-order valence-electron chi connectivity index (χ4n) is 1.35. The van der Waals surface area contributed by atoms with Crippen LogP contribution in [0, 0.1) is 5.95 Å². The van der Waals surface area contributed by atoms with E-state index in [1.807, 2.05) is 0 Å². The SMILES string of the molecule is O=C(COc1cccnc1F)Nc1ccc(Cl)cc1. The highest BCUT2D eigenvalue weighted by molar-refractivity contribution is 6.30. The second kappa shape index (κ2) is 6.15. The molecule has 0 bridgehead atoms. The number of hydrogen-bond acceptors (Lipinski definition) is 3. The molecule has 1 heterocycles. The molecule has 1 amide bonds. The van der Waals surface area contributed by atoms with Crippen molar-refractivity contribution in [3.63, 3.8) is 0 Å². The molecule has 19 heavy (non-hydrogen) atoms. The summed E-state index contributed by atoms with van der Waals surface area (Å²) >= 11 is 5.72. The van der Waals surface area contributed by atoms with Gasteiger partial charge in [-0.1, -0.05) is 11.6 Å². The van der Waals surface area contributed by atoms with Gasteiger partial charge in [0.05, 0.1) is 0 Å². The number of aromatic nitrogens is 1. The smallest absolute Gasteiger partial charge is 0.262 e. The first-order valence-corrected chi connectivity index (χ1v) is 5.81. The quantitative estimate of drug-likeness (QED) is 0.876. The van der Waals surface area contributed by atoms with E-state index in [2.05, 4.69) is 10.3 Å². The minimum Gasteiger partial charge on any atom is -0.479 e. The number of nitrogens with one attached hydrogen (secondary N) is 1. The molecule has 0 aliphatic carbocycles. The lowest BCUT2D eigenvalue weighted by molar-refractivity contribution is -0.118. The first kappa shape index (κ1) is 13.3. The molecular formula is C13H10ClFN2O2. The molecule has 2 rings (SSSR count). The van der Waals surface area contributed by atoms with Gasteiger partial charge in [0.2, 0.25) is 0 Å². The molecule has 0 radical (unpaired) electrons. The third-order valence-corrected chi connectivity index (χ3v) is 2.46. The molecule has 0 spiro atoms. The van der Waals surface area contributed by atoms with Gasteiger partial charge in [0.25, 0.3) is 11.9 Å². The summed E-state index contributed by atoms with van der Waals surface area (Å²) in [6, 6.07) is 9.54. The lowest BCUT2D eigenvalue weighted by Gasteiger charge is -2.07. The van der Waals surface area contributed by atoms with Gasteiger partial charge in [0.15, 0.2) is 12.4 Å². The Morgan fingerprint density at radius 3 is 2.74 bits per heavy atom. The standard InChI is InChI=1S/C13H10ClFN2O2/c14-9-3-5-10(6-4-9)17-12(18)8-19-11-2-1-7-16-13(11)15/h1-7H,8H2,(H,17,18). The van der Waals surface area contributed by atoms with Crippen LogP contribution in [0.5, 0.6) is 5.75 Å². The van der Waals surface area contributed by atoms with Crippen molar-refractivity contribution in [3.8, 4) is 5.75 Å². The second-order valence-corrected chi connectivity index (χ2v) is 4.07. The van der Waals surface area contributed by atoms with E-state index in [-0.39, 0.29) is 12.4 Å². The van der Waals surface area contributed by atoms with Crippen LogP contribution >= 0.6 is 11.6 Å². The summed E-state index contributed by atoms with van der Waals surface area (Å²) in [7, 11) is 0. The van der Waals surface area contributed by atoms with Crippen LogP contribution < -0.4 is 10.1 Å². The molecule has 2 aromatic rings. The Kier molecular flexibility index (Phi) is 4.30. The van der Waals surface area contributed by atoms with Crippen molar-refractivity contribution in [2.45, 2.75) is 0 Å². The number of nitrogens with zero attached hydrogens (tertiary/aromatic N) is 1. The molecule has 0 aliphatic heterocycles. The number of pyridine rings is 1. The van der Waals surface area contributed by atoms with Crippen LogP contribution in [-0.4, -0.2) is 17.5 Å². The zero-order valence-corrected chi connectivity index (χ0v) is 10.5. The van der Waals surface area contributed by atoms with Gasteiger partial charge in [-0.25, -0.2) is 4.98 Å². The lowest BCUT2D eigenvalue weighted by Crippen LogP contribution is -2.20. The van der Waals surface area contributed by atoms with Crippen molar-refractivity contribution >= 4 is 23.2 Å². The number of halogens is 2. The number of carbonyl (C=O) groups excluding carboxylic acids is 1. The Balaban J connectivity index is 1.88. The first-order chi connectivity index (χ1) is 9.15. The molecular weight excluding hydrogens is 271 g/mol. The van der Waals surface area contributed by atoms with Crippen molar-refractivity contribution < 1.29 is 13.9 Å². The topological polar surface area (TPSA) is 51.2 Å². The van der Waals surface area contributed by atoms with Gasteiger partial charge in [-0.3, -0.25) is 4.79 Å². The molecule has 1 aromatic heterocycles. The molecule has 4 nitrogen and oxygen atoms in total. The largest absolute Gasteiger partial charge is 0.479 e. The van der Waals surface area contributed by atoms with Gasteiger partial charge in [-0.05, 0) is 36.4 Å². The van der Waals surface area contributed by atoms with Crippen LogP contribution in [0.25, 0.3) is 0 Å². The summed E-state index contributed by atoms with van der Waals surface area (Å²) < 4.78 is 18.1. The minimum atomic E-state index is -0.748. The van der Waals surface area contributed by atoms with Gasteiger partial charge in [0.1, 0.15) is 0 Å².